The third-order valence-corrected chi connectivity index (χ3v) is 6.33. The van der Waals surface area contributed by atoms with Crippen molar-refractivity contribution in [2.24, 2.45) is 10.7 Å². The van der Waals surface area contributed by atoms with Crippen molar-refractivity contribution in [2.75, 3.05) is 7.05 Å². The number of benzene rings is 1. The predicted molar refractivity (Wildman–Crippen MR) is 128 cm³/mol. The molecule has 13 heteroatoms. The lowest BCUT2D eigenvalue weighted by Gasteiger charge is -2.36. The standard InChI is InChI=1S/C11H11Cl3N4O2.C9H6N2O2/c1-5-9(15)17-6-3-4-10(12,13)8(18(19)20)7(6)11(5,14)16-2;12-11(13)8-5-7-3-1-2-4-9(7)10-6-8/h3-4,16H,15H2,1-2H3;1-6H. The second-order valence-corrected chi connectivity index (χ2v) is 8.95. The third-order valence-electron chi connectivity index (χ3n) is 5.06. The minimum Gasteiger partial charge on any atom is -0.384 e. The van der Waals surface area contributed by atoms with Crippen LogP contribution in [-0.4, -0.2) is 36.9 Å². The Bertz CT molecular complexity index is 1290. The molecule has 3 N–H and O–H groups in total. The molecule has 4 rings (SSSR count). The minimum absolute atomic E-state index is 0.0266. The van der Waals surface area contributed by atoms with Crippen molar-refractivity contribution in [3.63, 3.8) is 0 Å². The molecule has 0 spiro atoms. The first kappa shape index (κ1) is 24.6. The molecule has 1 unspecified atom stereocenters. The van der Waals surface area contributed by atoms with Crippen LogP contribution in [0, 0.1) is 20.2 Å². The molecular formula is C20H17Cl3N6O4. The maximum Gasteiger partial charge on any atom is 0.294 e. The molecule has 0 amide bonds. The fourth-order valence-corrected chi connectivity index (χ4v) is 4.07. The summed E-state index contributed by atoms with van der Waals surface area (Å²) in [6.07, 6.45) is 4.01. The Morgan fingerprint density at radius 2 is 1.79 bits per heavy atom. The van der Waals surface area contributed by atoms with E-state index in [9.17, 15) is 20.2 Å². The second-order valence-electron chi connectivity index (χ2n) is 7.00. The van der Waals surface area contributed by atoms with Crippen LogP contribution in [0.2, 0.25) is 0 Å². The van der Waals surface area contributed by atoms with E-state index in [0.717, 1.165) is 10.9 Å². The van der Waals surface area contributed by atoms with E-state index < -0.39 is 24.9 Å². The van der Waals surface area contributed by atoms with Gasteiger partial charge < -0.3 is 5.73 Å². The quantitative estimate of drug-likeness (QED) is 0.271. The zero-order valence-electron chi connectivity index (χ0n) is 17.3. The average molecular weight is 512 g/mol. The third kappa shape index (κ3) is 4.55. The molecule has 2 aromatic rings. The monoisotopic (exact) mass is 510 g/mol. The topological polar surface area (TPSA) is 150 Å². The average Bonchev–Trinajstić information content (AvgIpc) is 2.77. The van der Waals surface area contributed by atoms with Gasteiger partial charge in [0.2, 0.25) is 4.33 Å². The van der Waals surface area contributed by atoms with Gasteiger partial charge in [-0.25, -0.2) is 9.98 Å². The predicted octanol–water partition coefficient (Wildman–Crippen LogP) is 4.20. The van der Waals surface area contributed by atoms with Gasteiger partial charge in [-0.3, -0.25) is 25.5 Å². The van der Waals surface area contributed by atoms with Crippen LogP contribution in [0.15, 0.2) is 76.3 Å². The number of nitrogens with two attached hydrogens (primary N) is 1. The summed E-state index contributed by atoms with van der Waals surface area (Å²) in [4.78, 5) is 27.4. The zero-order chi connectivity index (χ0) is 24.6. The highest BCUT2D eigenvalue weighted by molar-refractivity contribution is 6.53. The lowest BCUT2D eigenvalue weighted by atomic mass is 9.86. The summed E-state index contributed by atoms with van der Waals surface area (Å²) < 4.78 is -1.79. The fraction of sp³-hybridized carbons (Fsp3) is 0.200. The molecule has 1 aliphatic carbocycles. The number of nitrogens with one attached hydrogen (secondary N) is 1. The maximum atomic E-state index is 11.4. The number of aliphatic imine (C=N–C) groups is 1. The molecule has 1 atom stereocenters. The lowest BCUT2D eigenvalue weighted by molar-refractivity contribution is -0.428. The SMILES string of the molecule is CNC1(Cl)C(C)=C(N)N=C2C=CC(Cl)(Cl)C([N+](=O)[O-])=C21.O=[N+]([O-])c1cnc2ccccc2c1. The largest absolute Gasteiger partial charge is 0.384 e. The number of allylic oxidation sites excluding steroid dienone is 2. The summed E-state index contributed by atoms with van der Waals surface area (Å²) in [5.74, 6) is 0.192. The molecule has 172 valence electrons. The van der Waals surface area contributed by atoms with Crippen LogP contribution in [-0.2, 0) is 0 Å². The smallest absolute Gasteiger partial charge is 0.294 e. The number of alkyl halides is 3. The van der Waals surface area contributed by atoms with Crippen LogP contribution in [0.1, 0.15) is 6.92 Å². The molecule has 1 aromatic carbocycles. The number of halogens is 3. The summed E-state index contributed by atoms with van der Waals surface area (Å²) >= 11 is 18.5. The van der Waals surface area contributed by atoms with Gasteiger partial charge >= 0.3 is 0 Å². The Kier molecular flexibility index (Phi) is 6.75. The number of nitro groups is 2. The Balaban J connectivity index is 0.000000203. The number of aromatic nitrogens is 1. The molecule has 0 bridgehead atoms. The zero-order valence-corrected chi connectivity index (χ0v) is 19.5. The van der Waals surface area contributed by atoms with Gasteiger partial charge in [0.25, 0.3) is 11.4 Å². The molecular weight excluding hydrogens is 495 g/mol. The summed E-state index contributed by atoms with van der Waals surface area (Å²) in [5.41, 5.74) is 6.98. The van der Waals surface area contributed by atoms with Crippen LogP contribution >= 0.6 is 34.8 Å². The highest BCUT2D eigenvalue weighted by atomic mass is 35.5. The molecule has 10 nitrogen and oxygen atoms in total. The van der Waals surface area contributed by atoms with Crippen molar-refractivity contribution < 1.29 is 9.85 Å². The van der Waals surface area contributed by atoms with Crippen molar-refractivity contribution in [3.8, 4) is 0 Å². The van der Waals surface area contributed by atoms with Gasteiger partial charge in [0.15, 0.2) is 5.00 Å². The van der Waals surface area contributed by atoms with Gasteiger partial charge in [-0.05, 0) is 32.2 Å². The number of hydrogen-bond donors (Lipinski definition) is 2. The van der Waals surface area contributed by atoms with E-state index in [2.05, 4.69) is 15.3 Å². The van der Waals surface area contributed by atoms with Gasteiger partial charge in [-0.1, -0.05) is 53.0 Å². The van der Waals surface area contributed by atoms with Crippen molar-refractivity contribution in [1.82, 2.24) is 10.3 Å². The Hall–Kier alpha value is -3.05. The first-order chi connectivity index (χ1) is 15.4. The maximum absolute atomic E-state index is 11.4. The fourth-order valence-electron chi connectivity index (χ4n) is 3.33. The molecule has 1 aromatic heterocycles. The first-order valence-corrected chi connectivity index (χ1v) is 10.5. The number of para-hydroxylation sites is 1. The Morgan fingerprint density at radius 1 is 1.12 bits per heavy atom. The van der Waals surface area contributed by atoms with Crippen LogP contribution in [0.4, 0.5) is 5.69 Å². The van der Waals surface area contributed by atoms with E-state index in [-0.39, 0.29) is 22.8 Å². The number of rotatable bonds is 3. The first-order valence-electron chi connectivity index (χ1n) is 9.32. The van der Waals surface area contributed by atoms with Crippen molar-refractivity contribution >= 4 is 57.1 Å². The van der Waals surface area contributed by atoms with Gasteiger partial charge in [0.1, 0.15) is 12.0 Å². The summed E-state index contributed by atoms with van der Waals surface area (Å²) in [5, 5.41) is 25.4. The van der Waals surface area contributed by atoms with Crippen molar-refractivity contribution in [1.29, 1.82) is 0 Å². The lowest BCUT2D eigenvalue weighted by Crippen LogP contribution is -2.49. The molecule has 0 fully saturated rings. The molecule has 0 radical (unpaired) electrons. The highest BCUT2D eigenvalue weighted by Crippen LogP contribution is 2.46. The number of likely N-dealkylation sites (N-methyl/N-ethyl adjacent to an activating group) is 1. The van der Waals surface area contributed by atoms with E-state index in [1.54, 1.807) is 20.0 Å². The second kappa shape index (κ2) is 9.06. The summed E-state index contributed by atoms with van der Waals surface area (Å²) in [6.45, 7) is 1.63. The van der Waals surface area contributed by atoms with Crippen LogP contribution in [0.25, 0.3) is 10.9 Å². The van der Waals surface area contributed by atoms with Gasteiger partial charge in [-0.2, -0.15) is 0 Å². The van der Waals surface area contributed by atoms with Gasteiger partial charge in [0.05, 0.1) is 26.6 Å². The minimum atomic E-state index is -1.79. The number of pyridine rings is 1. The molecule has 2 aliphatic rings. The van der Waals surface area contributed by atoms with E-state index in [1.165, 1.54) is 24.4 Å². The number of nitrogens with zero attached hydrogens (tertiary/aromatic N) is 4. The van der Waals surface area contributed by atoms with E-state index in [1.807, 2.05) is 18.2 Å². The van der Waals surface area contributed by atoms with Gasteiger partial charge in [-0.15, -0.1) is 0 Å². The molecule has 33 heavy (non-hydrogen) atoms. The van der Waals surface area contributed by atoms with Crippen LogP contribution < -0.4 is 11.1 Å². The van der Waals surface area contributed by atoms with E-state index >= 15 is 0 Å². The Morgan fingerprint density at radius 3 is 2.39 bits per heavy atom. The van der Waals surface area contributed by atoms with Crippen LogP contribution in [0.5, 0.6) is 0 Å². The van der Waals surface area contributed by atoms with Crippen molar-refractivity contribution in [3.05, 3.63) is 91.6 Å². The molecule has 0 saturated heterocycles. The number of hydrogen-bond acceptors (Lipinski definition) is 8. The molecule has 2 heterocycles. The van der Waals surface area contributed by atoms with Crippen LogP contribution in [0.3, 0.4) is 0 Å². The summed E-state index contributed by atoms with van der Waals surface area (Å²) in [6, 6.07) is 8.81. The van der Waals surface area contributed by atoms with Gasteiger partial charge in [0, 0.05) is 17.0 Å². The number of fused-ring (bicyclic) bond motifs is 2. The normalized spacial score (nSPS) is 21.2. The van der Waals surface area contributed by atoms with Crippen molar-refractivity contribution in [2.45, 2.75) is 16.3 Å². The summed E-state index contributed by atoms with van der Waals surface area (Å²) in [7, 11) is 1.56. The van der Waals surface area contributed by atoms with E-state index in [0.29, 0.717) is 5.57 Å². The Labute approximate surface area is 202 Å². The molecule has 1 aliphatic heterocycles. The van der Waals surface area contributed by atoms with E-state index in [4.69, 9.17) is 40.5 Å². The highest BCUT2D eigenvalue weighted by Gasteiger charge is 2.52. The molecule has 0 saturated carbocycles.